The number of methoxy groups -OCH3 is 1. The van der Waals surface area contributed by atoms with Gasteiger partial charge in [0.1, 0.15) is 0 Å². The smallest absolute Gasteiger partial charge is 0.193 e. The molecule has 1 unspecified atom stereocenters. The van der Waals surface area contributed by atoms with E-state index in [1.165, 1.54) is 17.5 Å². The molecule has 5 heteroatoms. The molecular weight excluding hydrogens is 461 g/mol. The molecule has 28 heavy (non-hydrogen) atoms. The number of ether oxygens (including phenoxy) is 1. The average Bonchev–Trinajstić information content (AvgIpc) is 3.18. The van der Waals surface area contributed by atoms with Gasteiger partial charge in [0.2, 0.25) is 0 Å². The maximum atomic E-state index is 5.31. The summed E-state index contributed by atoms with van der Waals surface area (Å²) in [5.74, 6) is 2.00. The van der Waals surface area contributed by atoms with Crippen molar-refractivity contribution in [3.8, 4) is 0 Å². The van der Waals surface area contributed by atoms with E-state index in [0.717, 1.165) is 38.6 Å². The third-order valence-corrected chi connectivity index (χ3v) is 5.32. The first kappa shape index (κ1) is 22.7. The van der Waals surface area contributed by atoms with E-state index in [1.54, 1.807) is 7.11 Å². The first-order valence-corrected chi connectivity index (χ1v) is 9.86. The predicted molar refractivity (Wildman–Crippen MR) is 128 cm³/mol. The van der Waals surface area contributed by atoms with Crippen molar-refractivity contribution >= 4 is 29.9 Å². The molecule has 0 aliphatic carbocycles. The van der Waals surface area contributed by atoms with Crippen LogP contribution in [0, 0.1) is 5.92 Å². The third-order valence-electron chi connectivity index (χ3n) is 5.32. The summed E-state index contributed by atoms with van der Waals surface area (Å²) in [4.78, 5) is 6.85. The Morgan fingerprint density at radius 2 is 1.71 bits per heavy atom. The number of benzene rings is 2. The van der Waals surface area contributed by atoms with Gasteiger partial charge in [0.25, 0.3) is 0 Å². The highest BCUT2D eigenvalue weighted by Gasteiger charge is 2.24. The lowest BCUT2D eigenvalue weighted by molar-refractivity contribution is 0.157. The van der Waals surface area contributed by atoms with Crippen LogP contribution < -0.4 is 5.32 Å². The molecule has 0 amide bonds. The summed E-state index contributed by atoms with van der Waals surface area (Å²) in [6.07, 6.45) is 2.20. The van der Waals surface area contributed by atoms with Crippen LogP contribution in [0.1, 0.15) is 29.9 Å². The molecule has 0 saturated carbocycles. The normalized spacial score (nSPS) is 16.9. The Morgan fingerprint density at radius 1 is 1.11 bits per heavy atom. The summed E-state index contributed by atoms with van der Waals surface area (Å²) in [5, 5.41) is 3.58. The van der Waals surface area contributed by atoms with Gasteiger partial charge in [-0.25, -0.2) is 0 Å². The van der Waals surface area contributed by atoms with Crippen LogP contribution in [0.15, 0.2) is 65.7 Å². The van der Waals surface area contributed by atoms with Gasteiger partial charge in [0.15, 0.2) is 5.96 Å². The Balaban J connectivity index is 0.00000280. The van der Waals surface area contributed by atoms with Gasteiger partial charge in [-0.05, 0) is 24.0 Å². The molecule has 2 aromatic carbocycles. The Hall–Kier alpha value is -1.60. The summed E-state index contributed by atoms with van der Waals surface area (Å²) in [7, 11) is 3.65. The molecule has 4 nitrogen and oxygen atoms in total. The zero-order valence-corrected chi connectivity index (χ0v) is 19.2. The van der Waals surface area contributed by atoms with Crippen LogP contribution in [0.25, 0.3) is 0 Å². The van der Waals surface area contributed by atoms with Crippen LogP contribution in [-0.4, -0.2) is 51.3 Å². The number of likely N-dealkylation sites (tertiary alicyclic amines) is 1. The number of hydrogen-bond acceptors (Lipinski definition) is 2. The Labute approximate surface area is 186 Å². The number of halogens is 1. The number of rotatable bonds is 7. The highest BCUT2D eigenvalue weighted by atomic mass is 127. The van der Waals surface area contributed by atoms with E-state index in [1.807, 2.05) is 7.05 Å². The minimum Gasteiger partial charge on any atom is -0.384 e. The van der Waals surface area contributed by atoms with Gasteiger partial charge >= 0.3 is 0 Å². The van der Waals surface area contributed by atoms with Crippen molar-refractivity contribution in [3.05, 3.63) is 71.8 Å². The SMILES string of the molecule is CN=C(NCCC(c1ccccc1)c1ccccc1)N1CCC(COC)C1.I. The van der Waals surface area contributed by atoms with E-state index in [4.69, 9.17) is 4.74 Å². The minimum atomic E-state index is 0. The lowest BCUT2D eigenvalue weighted by Crippen LogP contribution is -2.41. The topological polar surface area (TPSA) is 36.9 Å². The molecule has 1 heterocycles. The number of nitrogens with zero attached hydrogens (tertiary/aromatic N) is 2. The van der Waals surface area contributed by atoms with Gasteiger partial charge in [0.05, 0.1) is 6.61 Å². The van der Waals surface area contributed by atoms with Crippen molar-refractivity contribution in [2.45, 2.75) is 18.8 Å². The Morgan fingerprint density at radius 3 is 2.25 bits per heavy atom. The Bertz CT molecular complexity index is 669. The van der Waals surface area contributed by atoms with E-state index in [9.17, 15) is 0 Å². The van der Waals surface area contributed by atoms with Crippen molar-refractivity contribution in [1.29, 1.82) is 0 Å². The second-order valence-corrected chi connectivity index (χ2v) is 7.19. The fourth-order valence-electron chi connectivity index (χ4n) is 3.95. The van der Waals surface area contributed by atoms with Gasteiger partial charge in [-0.3, -0.25) is 4.99 Å². The molecule has 1 atom stereocenters. The monoisotopic (exact) mass is 493 g/mol. The first-order valence-electron chi connectivity index (χ1n) is 9.86. The van der Waals surface area contributed by atoms with E-state index < -0.39 is 0 Å². The van der Waals surface area contributed by atoms with Crippen LogP contribution in [0.2, 0.25) is 0 Å². The molecular formula is C23H32IN3O. The summed E-state index contributed by atoms with van der Waals surface area (Å²) in [5.41, 5.74) is 2.73. The van der Waals surface area contributed by atoms with Crippen LogP contribution in [0.5, 0.6) is 0 Å². The molecule has 0 radical (unpaired) electrons. The highest BCUT2D eigenvalue weighted by molar-refractivity contribution is 14.0. The van der Waals surface area contributed by atoms with Crippen molar-refractivity contribution in [2.24, 2.45) is 10.9 Å². The van der Waals surface area contributed by atoms with Gasteiger partial charge in [-0.2, -0.15) is 0 Å². The largest absolute Gasteiger partial charge is 0.384 e. The maximum absolute atomic E-state index is 5.31. The maximum Gasteiger partial charge on any atom is 0.193 e. The number of hydrogen-bond donors (Lipinski definition) is 1. The quantitative estimate of drug-likeness (QED) is 0.354. The number of guanidine groups is 1. The van der Waals surface area contributed by atoms with Gasteiger partial charge in [-0.1, -0.05) is 60.7 Å². The molecule has 1 aliphatic heterocycles. The first-order chi connectivity index (χ1) is 13.3. The molecule has 1 N–H and O–H groups in total. The second kappa shape index (κ2) is 12.1. The molecule has 1 aliphatic rings. The van der Waals surface area contributed by atoms with Crippen LogP contribution >= 0.6 is 24.0 Å². The van der Waals surface area contributed by atoms with Crippen molar-refractivity contribution in [1.82, 2.24) is 10.2 Å². The van der Waals surface area contributed by atoms with Gasteiger partial charge in [0, 0.05) is 45.6 Å². The Kier molecular flexibility index (Phi) is 9.78. The van der Waals surface area contributed by atoms with Gasteiger partial charge in [-0.15, -0.1) is 24.0 Å². The highest BCUT2D eigenvalue weighted by Crippen LogP contribution is 2.27. The van der Waals surface area contributed by atoms with E-state index in [-0.39, 0.29) is 24.0 Å². The molecule has 0 bridgehead atoms. The van der Waals surface area contributed by atoms with Crippen LogP contribution in [-0.2, 0) is 4.74 Å². The number of nitrogens with one attached hydrogen (secondary N) is 1. The molecule has 3 rings (SSSR count). The molecule has 1 saturated heterocycles. The van der Waals surface area contributed by atoms with E-state index >= 15 is 0 Å². The molecule has 0 aromatic heterocycles. The molecule has 1 fully saturated rings. The molecule has 2 aromatic rings. The van der Waals surface area contributed by atoms with Gasteiger partial charge < -0.3 is 15.0 Å². The average molecular weight is 493 g/mol. The summed E-state index contributed by atoms with van der Waals surface area (Å²) in [6, 6.07) is 21.5. The zero-order valence-electron chi connectivity index (χ0n) is 16.9. The molecule has 152 valence electrons. The lowest BCUT2D eigenvalue weighted by Gasteiger charge is -2.23. The van der Waals surface area contributed by atoms with Crippen LogP contribution in [0.3, 0.4) is 0 Å². The number of aliphatic imine (C=N–C) groups is 1. The van der Waals surface area contributed by atoms with Crippen molar-refractivity contribution in [3.63, 3.8) is 0 Å². The standard InChI is InChI=1S/C23H31N3O.HI/c1-24-23(26-16-14-19(17-26)18-27-2)25-15-13-22(20-9-5-3-6-10-20)21-11-7-4-8-12-21;/h3-12,19,22H,13-18H2,1-2H3,(H,24,25);1H. The minimum absolute atomic E-state index is 0. The fraction of sp³-hybridized carbons (Fsp3) is 0.435. The summed E-state index contributed by atoms with van der Waals surface area (Å²) in [6.45, 7) is 3.80. The summed E-state index contributed by atoms with van der Waals surface area (Å²) >= 11 is 0. The lowest BCUT2D eigenvalue weighted by atomic mass is 9.88. The van der Waals surface area contributed by atoms with Crippen molar-refractivity contribution in [2.75, 3.05) is 40.4 Å². The van der Waals surface area contributed by atoms with E-state index in [0.29, 0.717) is 11.8 Å². The zero-order chi connectivity index (χ0) is 18.9. The third kappa shape index (κ3) is 6.21. The second-order valence-electron chi connectivity index (χ2n) is 7.19. The summed E-state index contributed by atoms with van der Waals surface area (Å²) < 4.78 is 5.31. The predicted octanol–water partition coefficient (Wildman–Crippen LogP) is 4.37. The molecule has 0 spiro atoms. The fourth-order valence-corrected chi connectivity index (χ4v) is 3.95. The van der Waals surface area contributed by atoms with E-state index in [2.05, 4.69) is 75.9 Å². The van der Waals surface area contributed by atoms with Crippen molar-refractivity contribution < 1.29 is 4.74 Å². The van der Waals surface area contributed by atoms with Crippen LogP contribution in [0.4, 0.5) is 0 Å².